The van der Waals surface area contributed by atoms with Crippen LogP contribution < -0.4 is 0 Å². The minimum absolute atomic E-state index is 0.0733. The first-order valence-corrected chi connectivity index (χ1v) is 10.5. The van der Waals surface area contributed by atoms with Gasteiger partial charge in [0.2, 0.25) is 0 Å². The van der Waals surface area contributed by atoms with Gasteiger partial charge in [-0.3, -0.25) is 9.89 Å². The molecular formula is C21H18FN5O2S. The number of hydrogen-bond acceptors (Lipinski definition) is 6. The molecule has 1 saturated heterocycles. The van der Waals surface area contributed by atoms with Crippen molar-refractivity contribution in [1.82, 2.24) is 25.3 Å². The van der Waals surface area contributed by atoms with Crippen molar-refractivity contribution in [3.63, 3.8) is 0 Å². The summed E-state index contributed by atoms with van der Waals surface area (Å²) in [6.45, 7) is 1.20. The van der Waals surface area contributed by atoms with E-state index in [1.807, 2.05) is 0 Å². The first kappa shape index (κ1) is 18.7. The van der Waals surface area contributed by atoms with E-state index in [0.717, 1.165) is 17.8 Å². The molecule has 4 heterocycles. The molecule has 0 saturated carbocycles. The summed E-state index contributed by atoms with van der Waals surface area (Å²) in [6, 6.07) is 11.8. The monoisotopic (exact) mass is 423 g/mol. The number of nitrogens with one attached hydrogen (secondary N) is 1. The van der Waals surface area contributed by atoms with Crippen molar-refractivity contribution in [3.8, 4) is 22.0 Å². The van der Waals surface area contributed by atoms with Gasteiger partial charge in [-0.05, 0) is 37.1 Å². The molecule has 0 bridgehead atoms. The van der Waals surface area contributed by atoms with Gasteiger partial charge in [-0.2, -0.15) is 5.10 Å². The van der Waals surface area contributed by atoms with E-state index in [1.54, 1.807) is 47.6 Å². The molecule has 1 aliphatic rings. The predicted molar refractivity (Wildman–Crippen MR) is 109 cm³/mol. The van der Waals surface area contributed by atoms with E-state index >= 15 is 0 Å². The highest BCUT2D eigenvalue weighted by atomic mass is 32.1. The van der Waals surface area contributed by atoms with Gasteiger partial charge in [-0.1, -0.05) is 23.5 Å². The molecule has 1 aromatic carbocycles. The molecule has 30 heavy (non-hydrogen) atoms. The van der Waals surface area contributed by atoms with Crippen molar-refractivity contribution in [3.05, 3.63) is 65.2 Å². The summed E-state index contributed by atoms with van der Waals surface area (Å²) in [7, 11) is 0. The molecule has 0 unspecified atom stereocenters. The highest BCUT2D eigenvalue weighted by Gasteiger charge is 2.29. The van der Waals surface area contributed by atoms with Gasteiger partial charge in [0, 0.05) is 30.6 Å². The van der Waals surface area contributed by atoms with E-state index in [0.29, 0.717) is 40.8 Å². The number of hydrogen-bond donors (Lipinski definition) is 1. The molecule has 152 valence electrons. The number of H-pyrrole nitrogens is 1. The van der Waals surface area contributed by atoms with Gasteiger partial charge in [0.15, 0.2) is 16.5 Å². The van der Waals surface area contributed by atoms with E-state index in [-0.39, 0.29) is 17.6 Å². The highest BCUT2D eigenvalue weighted by molar-refractivity contribution is 7.14. The van der Waals surface area contributed by atoms with E-state index in [1.165, 1.54) is 17.4 Å². The number of halogens is 1. The molecule has 4 aromatic rings. The Morgan fingerprint density at radius 1 is 1.23 bits per heavy atom. The minimum atomic E-state index is -0.313. The number of benzene rings is 1. The largest absolute Gasteiger partial charge is 0.463 e. The molecule has 9 heteroatoms. The van der Waals surface area contributed by atoms with E-state index in [9.17, 15) is 9.18 Å². The molecule has 1 fully saturated rings. The van der Waals surface area contributed by atoms with Gasteiger partial charge >= 0.3 is 0 Å². The molecule has 1 aliphatic heterocycles. The Kier molecular flexibility index (Phi) is 4.88. The number of likely N-dealkylation sites (tertiary alicyclic amines) is 1. The number of carbonyl (C=O) groups excluding carboxylic acids is 1. The lowest BCUT2D eigenvalue weighted by Crippen LogP contribution is -2.39. The Morgan fingerprint density at radius 3 is 2.97 bits per heavy atom. The smallest absolute Gasteiger partial charge is 0.274 e. The first-order valence-electron chi connectivity index (χ1n) is 9.66. The second kappa shape index (κ2) is 7.83. The SMILES string of the molecule is O=C(c1cc(-c2ccco2)[nH]n1)N1CCC[C@H](c2nnc(-c3ccccc3F)s2)C1. The zero-order chi connectivity index (χ0) is 20.5. The van der Waals surface area contributed by atoms with Crippen LogP contribution in [-0.2, 0) is 0 Å². The Morgan fingerprint density at radius 2 is 2.13 bits per heavy atom. The molecule has 1 amide bonds. The van der Waals surface area contributed by atoms with Crippen molar-refractivity contribution in [2.24, 2.45) is 0 Å². The maximum atomic E-state index is 14.1. The van der Waals surface area contributed by atoms with Gasteiger partial charge in [-0.25, -0.2) is 4.39 Å². The summed E-state index contributed by atoms with van der Waals surface area (Å²) in [5.74, 6) is 0.260. The molecule has 1 N–H and O–H groups in total. The average molecular weight is 423 g/mol. The van der Waals surface area contributed by atoms with Crippen LogP contribution in [0.4, 0.5) is 4.39 Å². The topological polar surface area (TPSA) is 87.9 Å². The van der Waals surface area contributed by atoms with E-state index in [4.69, 9.17) is 4.42 Å². The summed E-state index contributed by atoms with van der Waals surface area (Å²) >= 11 is 1.38. The van der Waals surface area contributed by atoms with Crippen LogP contribution in [0.5, 0.6) is 0 Å². The lowest BCUT2D eigenvalue weighted by molar-refractivity contribution is 0.0701. The molecule has 0 aliphatic carbocycles. The summed E-state index contributed by atoms with van der Waals surface area (Å²) in [6.07, 6.45) is 3.35. The fourth-order valence-corrected chi connectivity index (χ4v) is 4.65. The first-order chi connectivity index (χ1) is 14.7. The third-order valence-corrected chi connectivity index (χ3v) is 6.31. The van der Waals surface area contributed by atoms with E-state index < -0.39 is 0 Å². The third-order valence-electron chi connectivity index (χ3n) is 5.19. The van der Waals surface area contributed by atoms with Crippen molar-refractivity contribution in [2.75, 3.05) is 13.1 Å². The molecule has 0 radical (unpaired) electrons. The lowest BCUT2D eigenvalue weighted by atomic mass is 9.98. The maximum absolute atomic E-state index is 14.1. The molecule has 0 spiro atoms. The zero-order valence-electron chi connectivity index (χ0n) is 15.9. The van der Waals surface area contributed by atoms with Crippen LogP contribution in [0.3, 0.4) is 0 Å². The van der Waals surface area contributed by atoms with Crippen LogP contribution in [0.25, 0.3) is 22.0 Å². The standard InChI is InChI=1S/C21H18FN5O2S/c22-15-7-2-1-6-14(15)20-26-25-19(30-20)13-5-3-9-27(12-13)21(28)17-11-16(23-24-17)18-8-4-10-29-18/h1-2,4,6-8,10-11,13H,3,5,9,12H2,(H,23,24)/t13-/m0/s1. The van der Waals surface area contributed by atoms with E-state index in [2.05, 4.69) is 20.4 Å². The Balaban J connectivity index is 1.32. The second-order valence-electron chi connectivity index (χ2n) is 7.16. The minimum Gasteiger partial charge on any atom is -0.463 e. The van der Waals surface area contributed by atoms with Crippen LogP contribution in [0.15, 0.2) is 53.1 Å². The van der Waals surface area contributed by atoms with Gasteiger partial charge in [0.05, 0.1) is 6.26 Å². The van der Waals surface area contributed by atoms with Crippen molar-refractivity contribution in [1.29, 1.82) is 0 Å². The third kappa shape index (κ3) is 3.52. The number of rotatable bonds is 4. The summed E-state index contributed by atoms with van der Waals surface area (Å²) in [5.41, 5.74) is 1.47. The zero-order valence-corrected chi connectivity index (χ0v) is 16.7. The molecular weight excluding hydrogens is 405 g/mol. The number of piperidine rings is 1. The van der Waals surface area contributed by atoms with Crippen molar-refractivity contribution in [2.45, 2.75) is 18.8 Å². The summed E-state index contributed by atoms with van der Waals surface area (Å²) in [5, 5.41) is 16.9. The molecule has 3 aromatic heterocycles. The van der Waals surface area contributed by atoms with Crippen molar-refractivity contribution >= 4 is 17.2 Å². The van der Waals surface area contributed by atoms with Crippen LogP contribution >= 0.6 is 11.3 Å². The maximum Gasteiger partial charge on any atom is 0.274 e. The number of aromatic amines is 1. The predicted octanol–water partition coefficient (Wildman–Crippen LogP) is 4.35. The molecule has 5 rings (SSSR count). The quantitative estimate of drug-likeness (QED) is 0.527. The second-order valence-corrected chi connectivity index (χ2v) is 8.17. The fourth-order valence-electron chi connectivity index (χ4n) is 3.66. The fraction of sp³-hybridized carbons (Fsp3) is 0.238. The van der Waals surface area contributed by atoms with Crippen LogP contribution in [0, 0.1) is 5.82 Å². The van der Waals surface area contributed by atoms with Gasteiger partial charge in [0.1, 0.15) is 16.5 Å². The number of furan rings is 1. The number of nitrogens with zero attached hydrogens (tertiary/aromatic N) is 4. The number of carbonyl (C=O) groups is 1. The number of aromatic nitrogens is 4. The van der Waals surface area contributed by atoms with Gasteiger partial charge < -0.3 is 9.32 Å². The number of amides is 1. The lowest BCUT2D eigenvalue weighted by Gasteiger charge is -2.31. The van der Waals surface area contributed by atoms with Gasteiger partial charge in [0.25, 0.3) is 5.91 Å². The normalized spacial score (nSPS) is 16.7. The van der Waals surface area contributed by atoms with Crippen LogP contribution in [-0.4, -0.2) is 44.3 Å². The highest BCUT2D eigenvalue weighted by Crippen LogP contribution is 2.34. The Hall–Kier alpha value is -3.33. The van der Waals surface area contributed by atoms with Crippen LogP contribution in [0.1, 0.15) is 34.3 Å². The van der Waals surface area contributed by atoms with Crippen molar-refractivity contribution < 1.29 is 13.6 Å². The average Bonchev–Trinajstić information content (AvgIpc) is 3.55. The Labute approximate surface area is 175 Å². The Bertz CT molecular complexity index is 1170. The molecule has 1 atom stereocenters. The summed E-state index contributed by atoms with van der Waals surface area (Å²) in [4.78, 5) is 14.8. The molecule has 7 nitrogen and oxygen atoms in total. The van der Waals surface area contributed by atoms with Gasteiger partial charge in [-0.15, -0.1) is 10.2 Å². The summed E-state index contributed by atoms with van der Waals surface area (Å²) < 4.78 is 19.4. The van der Waals surface area contributed by atoms with Crippen LogP contribution in [0.2, 0.25) is 0 Å².